The molecule has 1 heterocycles. The minimum atomic E-state index is -0.938. The van der Waals surface area contributed by atoms with Crippen molar-refractivity contribution in [1.29, 1.82) is 0 Å². The number of aromatic amines is 1. The lowest BCUT2D eigenvalue weighted by atomic mass is 9.95. The zero-order valence-electron chi connectivity index (χ0n) is 14.4. The number of aromatic nitrogens is 1. The molecule has 3 N–H and O–H groups in total. The van der Waals surface area contributed by atoms with Gasteiger partial charge in [0.25, 0.3) is 5.91 Å². The van der Waals surface area contributed by atoms with Gasteiger partial charge in [0, 0.05) is 24.5 Å². The summed E-state index contributed by atoms with van der Waals surface area (Å²) in [5.74, 6) is -0.0798. The van der Waals surface area contributed by atoms with Crippen molar-refractivity contribution in [3.8, 4) is 11.1 Å². The monoisotopic (exact) mass is 332 g/mol. The summed E-state index contributed by atoms with van der Waals surface area (Å²) < 4.78 is 13.1. The molecule has 0 spiro atoms. The summed E-state index contributed by atoms with van der Waals surface area (Å²) in [5, 5.41) is 13.2. The van der Waals surface area contributed by atoms with E-state index < -0.39 is 5.60 Å². The summed E-state index contributed by atoms with van der Waals surface area (Å²) in [6, 6.07) is 5.99. The van der Waals surface area contributed by atoms with E-state index in [4.69, 9.17) is 0 Å². The average Bonchev–Trinajstić information content (AvgIpc) is 3.01. The first kappa shape index (κ1) is 18.2. The number of carbonyl (C=O) groups excluding carboxylic acids is 1. The van der Waals surface area contributed by atoms with Crippen molar-refractivity contribution in [2.75, 3.05) is 6.54 Å². The Labute approximate surface area is 142 Å². The molecule has 5 heteroatoms. The third-order valence-corrected chi connectivity index (χ3v) is 4.04. The van der Waals surface area contributed by atoms with E-state index in [0.29, 0.717) is 23.5 Å². The van der Waals surface area contributed by atoms with Crippen LogP contribution in [0.1, 0.15) is 44.0 Å². The molecule has 0 saturated heterocycles. The third kappa shape index (κ3) is 4.93. The Bertz CT molecular complexity index is 675. The molecule has 2 aromatic rings. The first-order chi connectivity index (χ1) is 11.3. The Hall–Kier alpha value is -2.14. The summed E-state index contributed by atoms with van der Waals surface area (Å²) >= 11 is 0. The van der Waals surface area contributed by atoms with Crippen LogP contribution in [0.4, 0.5) is 4.39 Å². The number of halogens is 1. The predicted octanol–water partition coefficient (Wildman–Crippen LogP) is 3.74. The summed E-state index contributed by atoms with van der Waals surface area (Å²) in [7, 11) is 0. The minimum Gasteiger partial charge on any atom is -0.388 e. The zero-order chi connectivity index (χ0) is 17.7. The number of rotatable bonds is 7. The molecule has 0 aliphatic rings. The van der Waals surface area contributed by atoms with Crippen molar-refractivity contribution in [3.63, 3.8) is 0 Å². The molecular weight excluding hydrogens is 307 g/mol. The Morgan fingerprint density at radius 3 is 2.58 bits per heavy atom. The van der Waals surface area contributed by atoms with E-state index in [1.165, 1.54) is 12.1 Å². The molecule has 1 atom stereocenters. The molecule has 24 heavy (non-hydrogen) atoms. The summed E-state index contributed by atoms with van der Waals surface area (Å²) in [5.41, 5.74) is 0.997. The normalized spacial score (nSPS) is 13.8. The van der Waals surface area contributed by atoms with E-state index in [-0.39, 0.29) is 18.3 Å². The number of H-pyrrole nitrogens is 1. The molecule has 1 unspecified atom stereocenters. The molecule has 0 radical (unpaired) electrons. The molecule has 0 saturated carbocycles. The van der Waals surface area contributed by atoms with Crippen molar-refractivity contribution >= 4 is 5.91 Å². The van der Waals surface area contributed by atoms with Gasteiger partial charge in [-0.2, -0.15) is 0 Å². The van der Waals surface area contributed by atoms with Gasteiger partial charge in [-0.25, -0.2) is 4.39 Å². The van der Waals surface area contributed by atoms with Gasteiger partial charge in [-0.05, 0) is 43.4 Å². The van der Waals surface area contributed by atoms with E-state index in [9.17, 15) is 14.3 Å². The van der Waals surface area contributed by atoms with Crippen LogP contribution in [0, 0.1) is 11.7 Å². The molecule has 1 amide bonds. The molecule has 1 aromatic carbocycles. The van der Waals surface area contributed by atoms with Crippen LogP contribution in [-0.2, 0) is 0 Å². The fourth-order valence-corrected chi connectivity index (χ4v) is 2.47. The van der Waals surface area contributed by atoms with E-state index in [1.54, 1.807) is 31.5 Å². The highest BCUT2D eigenvalue weighted by Gasteiger charge is 2.23. The largest absolute Gasteiger partial charge is 0.388 e. The summed E-state index contributed by atoms with van der Waals surface area (Å²) in [6.45, 7) is 6.12. The first-order valence-electron chi connectivity index (χ1n) is 8.22. The van der Waals surface area contributed by atoms with E-state index in [2.05, 4.69) is 24.1 Å². The van der Waals surface area contributed by atoms with Crippen molar-refractivity contribution in [1.82, 2.24) is 10.3 Å². The highest BCUT2D eigenvalue weighted by Crippen LogP contribution is 2.24. The molecule has 130 valence electrons. The maximum Gasteiger partial charge on any atom is 0.253 e. The predicted molar refractivity (Wildman–Crippen MR) is 93.2 cm³/mol. The van der Waals surface area contributed by atoms with Gasteiger partial charge in [0.1, 0.15) is 5.82 Å². The quantitative estimate of drug-likeness (QED) is 0.723. The van der Waals surface area contributed by atoms with Crippen LogP contribution < -0.4 is 5.32 Å². The molecular formula is C19H25FN2O2. The second kappa shape index (κ2) is 7.62. The van der Waals surface area contributed by atoms with Crippen molar-refractivity contribution < 1.29 is 14.3 Å². The number of nitrogens with one attached hydrogen (secondary N) is 2. The fourth-order valence-electron chi connectivity index (χ4n) is 2.47. The standard InChI is InChI=1S/C19H25FN2O2/c1-13(2)8-9-19(3,24)12-22-18(23)17-11-21-10-16(17)14-4-6-15(20)7-5-14/h4-7,10-11,13,21,24H,8-9,12H2,1-3H3,(H,22,23). The van der Waals surface area contributed by atoms with Crippen LogP contribution in [0.15, 0.2) is 36.7 Å². The van der Waals surface area contributed by atoms with Crippen molar-refractivity contribution in [3.05, 3.63) is 48.0 Å². The van der Waals surface area contributed by atoms with Crippen LogP contribution in [-0.4, -0.2) is 28.1 Å². The van der Waals surface area contributed by atoms with Gasteiger partial charge in [0.15, 0.2) is 0 Å². The molecule has 0 aliphatic carbocycles. The Morgan fingerprint density at radius 2 is 1.96 bits per heavy atom. The third-order valence-electron chi connectivity index (χ3n) is 4.04. The second-order valence-corrected chi connectivity index (χ2v) is 6.90. The van der Waals surface area contributed by atoms with Gasteiger partial charge >= 0.3 is 0 Å². The molecule has 0 bridgehead atoms. The van der Waals surface area contributed by atoms with Gasteiger partial charge in [0.2, 0.25) is 0 Å². The summed E-state index contributed by atoms with van der Waals surface area (Å²) in [6.07, 6.45) is 4.84. The lowest BCUT2D eigenvalue weighted by molar-refractivity contribution is 0.0429. The lowest BCUT2D eigenvalue weighted by Crippen LogP contribution is -2.40. The van der Waals surface area contributed by atoms with Crippen molar-refractivity contribution in [2.24, 2.45) is 5.92 Å². The Balaban J connectivity index is 2.03. The highest BCUT2D eigenvalue weighted by molar-refractivity contribution is 6.00. The fraction of sp³-hybridized carbons (Fsp3) is 0.421. The van der Waals surface area contributed by atoms with Gasteiger partial charge in [0.05, 0.1) is 11.2 Å². The van der Waals surface area contributed by atoms with Crippen LogP contribution >= 0.6 is 0 Å². The molecule has 0 aliphatic heterocycles. The van der Waals surface area contributed by atoms with Crippen LogP contribution in [0.25, 0.3) is 11.1 Å². The maximum atomic E-state index is 13.1. The maximum absolute atomic E-state index is 13.1. The van der Waals surface area contributed by atoms with E-state index in [0.717, 1.165) is 12.0 Å². The zero-order valence-corrected chi connectivity index (χ0v) is 14.4. The molecule has 4 nitrogen and oxygen atoms in total. The van der Waals surface area contributed by atoms with Crippen LogP contribution in [0.3, 0.4) is 0 Å². The number of hydrogen-bond acceptors (Lipinski definition) is 2. The van der Waals surface area contributed by atoms with Gasteiger partial charge in [-0.15, -0.1) is 0 Å². The SMILES string of the molecule is CC(C)CCC(C)(O)CNC(=O)c1c[nH]cc1-c1ccc(F)cc1. The molecule has 0 fully saturated rings. The van der Waals surface area contributed by atoms with Gasteiger partial charge < -0.3 is 15.4 Å². The number of benzene rings is 1. The average molecular weight is 332 g/mol. The van der Waals surface area contributed by atoms with Crippen LogP contribution in [0.5, 0.6) is 0 Å². The number of aliphatic hydroxyl groups is 1. The Morgan fingerprint density at radius 1 is 1.29 bits per heavy atom. The van der Waals surface area contributed by atoms with Crippen LogP contribution in [0.2, 0.25) is 0 Å². The van der Waals surface area contributed by atoms with Gasteiger partial charge in [-0.3, -0.25) is 4.79 Å². The number of amides is 1. The number of carbonyl (C=O) groups is 1. The molecule has 1 aromatic heterocycles. The lowest BCUT2D eigenvalue weighted by Gasteiger charge is -2.24. The highest BCUT2D eigenvalue weighted by atomic mass is 19.1. The van der Waals surface area contributed by atoms with Gasteiger partial charge in [-0.1, -0.05) is 26.0 Å². The first-order valence-corrected chi connectivity index (χ1v) is 8.22. The molecule has 2 rings (SSSR count). The minimum absolute atomic E-state index is 0.187. The summed E-state index contributed by atoms with van der Waals surface area (Å²) in [4.78, 5) is 15.3. The van der Waals surface area contributed by atoms with E-state index in [1.807, 2.05) is 0 Å². The number of hydrogen-bond donors (Lipinski definition) is 3. The topological polar surface area (TPSA) is 65.1 Å². The van der Waals surface area contributed by atoms with E-state index >= 15 is 0 Å². The smallest absolute Gasteiger partial charge is 0.253 e. The van der Waals surface area contributed by atoms with Crippen molar-refractivity contribution in [2.45, 2.75) is 39.2 Å². The Kier molecular flexibility index (Phi) is 5.78. The second-order valence-electron chi connectivity index (χ2n) is 6.90.